The summed E-state index contributed by atoms with van der Waals surface area (Å²) in [6.45, 7) is 12.0. The molecule has 0 aliphatic heterocycles. The van der Waals surface area contributed by atoms with Crippen molar-refractivity contribution in [2.24, 2.45) is 17.3 Å². The maximum Gasteiger partial charge on any atom is 0.0687 e. The van der Waals surface area contributed by atoms with Crippen molar-refractivity contribution in [3.63, 3.8) is 0 Å². The first-order valence-electron chi connectivity index (χ1n) is 7.22. The van der Waals surface area contributed by atoms with Crippen molar-refractivity contribution >= 4 is 0 Å². The van der Waals surface area contributed by atoms with Gasteiger partial charge in [0, 0.05) is 12.6 Å². The van der Waals surface area contributed by atoms with Gasteiger partial charge in [0.05, 0.1) is 6.10 Å². The van der Waals surface area contributed by atoms with Gasteiger partial charge < -0.3 is 10.4 Å². The SMILES string of the molecule is CC(C)C(O)CNC1CCC(C(C)(C)C)CC1. The van der Waals surface area contributed by atoms with Crippen LogP contribution in [-0.4, -0.2) is 23.8 Å². The van der Waals surface area contributed by atoms with Gasteiger partial charge >= 0.3 is 0 Å². The van der Waals surface area contributed by atoms with Crippen molar-refractivity contribution in [2.75, 3.05) is 6.54 Å². The van der Waals surface area contributed by atoms with Crippen LogP contribution in [-0.2, 0) is 0 Å². The molecule has 1 rings (SSSR count). The van der Waals surface area contributed by atoms with E-state index in [0.29, 0.717) is 17.4 Å². The smallest absolute Gasteiger partial charge is 0.0687 e. The van der Waals surface area contributed by atoms with Crippen LogP contribution in [0.4, 0.5) is 0 Å². The first-order chi connectivity index (χ1) is 7.80. The Balaban J connectivity index is 2.24. The molecule has 1 fully saturated rings. The Kier molecular flexibility index (Phi) is 5.46. The Labute approximate surface area is 107 Å². The summed E-state index contributed by atoms with van der Waals surface area (Å²) >= 11 is 0. The number of nitrogens with one attached hydrogen (secondary N) is 1. The van der Waals surface area contributed by atoms with Crippen LogP contribution in [0.2, 0.25) is 0 Å². The Morgan fingerprint density at radius 2 is 1.65 bits per heavy atom. The monoisotopic (exact) mass is 241 g/mol. The van der Waals surface area contributed by atoms with Crippen molar-refractivity contribution in [3.05, 3.63) is 0 Å². The second-order valence-electron chi connectivity index (χ2n) is 7.13. The molecule has 1 aliphatic carbocycles. The average molecular weight is 241 g/mol. The van der Waals surface area contributed by atoms with Crippen LogP contribution in [0, 0.1) is 17.3 Å². The Bertz CT molecular complexity index is 211. The molecule has 1 atom stereocenters. The second-order valence-corrected chi connectivity index (χ2v) is 7.13. The van der Waals surface area contributed by atoms with Crippen molar-refractivity contribution in [3.8, 4) is 0 Å². The summed E-state index contributed by atoms with van der Waals surface area (Å²) in [6, 6.07) is 0.627. The van der Waals surface area contributed by atoms with Gasteiger partial charge in [-0.3, -0.25) is 0 Å². The highest BCUT2D eigenvalue weighted by Gasteiger charge is 2.29. The fourth-order valence-corrected chi connectivity index (χ4v) is 2.69. The van der Waals surface area contributed by atoms with Gasteiger partial charge in [0.25, 0.3) is 0 Å². The molecule has 17 heavy (non-hydrogen) atoms. The molecule has 0 aromatic rings. The third kappa shape index (κ3) is 4.97. The predicted octanol–water partition coefficient (Wildman–Crippen LogP) is 3.20. The normalized spacial score (nSPS) is 28.4. The summed E-state index contributed by atoms with van der Waals surface area (Å²) < 4.78 is 0. The summed E-state index contributed by atoms with van der Waals surface area (Å²) in [5.74, 6) is 1.23. The maximum atomic E-state index is 9.78. The predicted molar refractivity (Wildman–Crippen MR) is 74.0 cm³/mol. The van der Waals surface area contributed by atoms with Crippen LogP contribution in [0.3, 0.4) is 0 Å². The molecule has 0 heterocycles. The van der Waals surface area contributed by atoms with Gasteiger partial charge in [0.15, 0.2) is 0 Å². The zero-order valence-electron chi connectivity index (χ0n) is 12.3. The summed E-state index contributed by atoms with van der Waals surface area (Å²) in [6.07, 6.45) is 5.01. The highest BCUT2D eigenvalue weighted by atomic mass is 16.3. The number of hydrogen-bond donors (Lipinski definition) is 2. The summed E-state index contributed by atoms with van der Waals surface area (Å²) in [5, 5.41) is 13.3. The number of hydrogen-bond acceptors (Lipinski definition) is 2. The Morgan fingerprint density at radius 3 is 2.06 bits per heavy atom. The molecule has 1 aliphatic rings. The fraction of sp³-hybridized carbons (Fsp3) is 1.00. The van der Waals surface area contributed by atoms with Crippen LogP contribution in [0.5, 0.6) is 0 Å². The minimum atomic E-state index is -0.199. The van der Waals surface area contributed by atoms with Gasteiger partial charge in [0.2, 0.25) is 0 Å². The molecular formula is C15H31NO. The van der Waals surface area contributed by atoms with E-state index in [9.17, 15) is 5.11 Å². The highest BCUT2D eigenvalue weighted by Crippen LogP contribution is 2.37. The third-order valence-corrected chi connectivity index (χ3v) is 4.34. The topological polar surface area (TPSA) is 32.3 Å². The standard InChI is InChI=1S/C15H31NO/c1-11(2)14(17)10-16-13-8-6-12(7-9-13)15(3,4)5/h11-14,16-17H,6-10H2,1-5H3. The van der Waals surface area contributed by atoms with E-state index < -0.39 is 0 Å². The molecular weight excluding hydrogens is 210 g/mol. The lowest BCUT2D eigenvalue weighted by molar-refractivity contribution is 0.109. The average Bonchev–Trinajstić information content (AvgIpc) is 2.25. The van der Waals surface area contributed by atoms with E-state index in [1.807, 2.05) is 0 Å². The van der Waals surface area contributed by atoms with Crippen molar-refractivity contribution in [1.82, 2.24) is 5.32 Å². The third-order valence-electron chi connectivity index (χ3n) is 4.34. The van der Waals surface area contributed by atoms with E-state index in [-0.39, 0.29) is 6.10 Å². The van der Waals surface area contributed by atoms with E-state index in [4.69, 9.17) is 0 Å². The summed E-state index contributed by atoms with van der Waals surface area (Å²) in [5.41, 5.74) is 0.461. The molecule has 102 valence electrons. The quantitative estimate of drug-likeness (QED) is 0.792. The molecule has 0 bridgehead atoms. The first-order valence-corrected chi connectivity index (χ1v) is 7.22. The zero-order chi connectivity index (χ0) is 13.1. The van der Waals surface area contributed by atoms with E-state index in [1.54, 1.807) is 0 Å². The van der Waals surface area contributed by atoms with E-state index in [2.05, 4.69) is 39.9 Å². The molecule has 0 amide bonds. The summed E-state index contributed by atoms with van der Waals surface area (Å²) in [4.78, 5) is 0. The van der Waals surface area contributed by atoms with Crippen molar-refractivity contribution in [2.45, 2.75) is 72.4 Å². The van der Waals surface area contributed by atoms with E-state index in [0.717, 1.165) is 12.5 Å². The Hall–Kier alpha value is -0.0800. The fourth-order valence-electron chi connectivity index (χ4n) is 2.69. The van der Waals surface area contributed by atoms with Gasteiger partial charge in [-0.25, -0.2) is 0 Å². The van der Waals surface area contributed by atoms with Crippen LogP contribution in [0.15, 0.2) is 0 Å². The highest BCUT2D eigenvalue weighted by molar-refractivity contribution is 4.83. The molecule has 1 unspecified atom stereocenters. The molecule has 1 saturated carbocycles. The minimum absolute atomic E-state index is 0.199. The molecule has 0 aromatic carbocycles. The van der Waals surface area contributed by atoms with Crippen molar-refractivity contribution < 1.29 is 5.11 Å². The minimum Gasteiger partial charge on any atom is -0.392 e. The van der Waals surface area contributed by atoms with E-state index in [1.165, 1.54) is 25.7 Å². The lowest BCUT2D eigenvalue weighted by atomic mass is 9.71. The van der Waals surface area contributed by atoms with Gasteiger partial charge in [-0.2, -0.15) is 0 Å². The number of aliphatic hydroxyl groups is 1. The molecule has 2 heteroatoms. The molecule has 0 aromatic heterocycles. The van der Waals surface area contributed by atoms with E-state index >= 15 is 0 Å². The molecule has 0 radical (unpaired) electrons. The maximum absolute atomic E-state index is 9.78. The molecule has 0 saturated heterocycles. The summed E-state index contributed by atoms with van der Waals surface area (Å²) in [7, 11) is 0. The lowest BCUT2D eigenvalue weighted by Crippen LogP contribution is -2.40. The zero-order valence-corrected chi connectivity index (χ0v) is 12.3. The number of rotatable bonds is 4. The largest absolute Gasteiger partial charge is 0.392 e. The van der Waals surface area contributed by atoms with Crippen LogP contribution < -0.4 is 5.32 Å². The molecule has 0 spiro atoms. The molecule has 2 N–H and O–H groups in total. The van der Waals surface area contributed by atoms with Gasteiger partial charge in [-0.15, -0.1) is 0 Å². The van der Waals surface area contributed by atoms with Gasteiger partial charge in [-0.05, 0) is 42.9 Å². The van der Waals surface area contributed by atoms with Gasteiger partial charge in [0.1, 0.15) is 0 Å². The first kappa shape index (κ1) is 15.0. The van der Waals surface area contributed by atoms with Crippen LogP contribution in [0.25, 0.3) is 0 Å². The van der Waals surface area contributed by atoms with Crippen LogP contribution >= 0.6 is 0 Å². The number of aliphatic hydroxyl groups excluding tert-OH is 1. The Morgan fingerprint density at radius 1 is 1.12 bits per heavy atom. The lowest BCUT2D eigenvalue weighted by Gasteiger charge is -2.37. The second kappa shape index (κ2) is 6.19. The van der Waals surface area contributed by atoms with Crippen LogP contribution in [0.1, 0.15) is 60.3 Å². The van der Waals surface area contributed by atoms with Crippen molar-refractivity contribution in [1.29, 1.82) is 0 Å². The molecule has 2 nitrogen and oxygen atoms in total. The van der Waals surface area contributed by atoms with Gasteiger partial charge in [-0.1, -0.05) is 34.6 Å².